The van der Waals surface area contributed by atoms with Crippen LogP contribution in [0.25, 0.3) is 0 Å². The number of carbonyl (C=O) groups is 1. The Labute approximate surface area is 170 Å². The summed E-state index contributed by atoms with van der Waals surface area (Å²) in [5, 5.41) is 3.22. The predicted octanol–water partition coefficient (Wildman–Crippen LogP) is 3.04. The summed E-state index contributed by atoms with van der Waals surface area (Å²) in [6.45, 7) is 1.79. The fourth-order valence-electron chi connectivity index (χ4n) is 2.34. The average molecular weight is 399 g/mol. The molecule has 2 N–H and O–H groups in total. The number of benzene rings is 2. The summed E-state index contributed by atoms with van der Waals surface area (Å²) >= 11 is 10.8. The van der Waals surface area contributed by atoms with Gasteiger partial charge in [-0.3, -0.25) is 20.2 Å². The summed E-state index contributed by atoms with van der Waals surface area (Å²) in [6, 6.07) is 19.2. The monoisotopic (exact) mass is 398 g/mol. The average Bonchev–Trinajstić information content (AvgIpc) is 2.67. The van der Waals surface area contributed by atoms with Crippen molar-refractivity contribution in [2.75, 3.05) is 14.1 Å². The highest BCUT2D eigenvalue weighted by Crippen LogP contribution is 2.05. The topological polar surface area (TPSA) is 47.6 Å². The Hall–Kier alpha value is -2.77. The third kappa shape index (κ3) is 6.16. The largest absolute Gasteiger partial charge is 0.302 e. The second kappa shape index (κ2) is 9.80. The molecule has 0 saturated heterocycles. The summed E-state index contributed by atoms with van der Waals surface area (Å²) in [5.41, 5.74) is 8.25. The van der Waals surface area contributed by atoms with E-state index in [2.05, 4.69) is 10.9 Å². The van der Waals surface area contributed by atoms with E-state index in [-0.39, 0.29) is 5.91 Å². The van der Waals surface area contributed by atoms with Crippen molar-refractivity contribution in [3.05, 3.63) is 83.6 Å². The summed E-state index contributed by atoms with van der Waals surface area (Å²) in [6.07, 6.45) is 1.45. The number of hydrogen-bond donors (Lipinski definition) is 2. The Kier molecular flexibility index (Phi) is 7.45. The summed E-state index contributed by atoms with van der Waals surface area (Å²) in [5.74, 6) is -0.292. The molecule has 0 heterocycles. The van der Waals surface area contributed by atoms with Crippen LogP contribution in [0.1, 0.15) is 18.1 Å². The quantitative estimate of drug-likeness (QED) is 0.459. The number of nitrogens with zero attached hydrogens (tertiary/aromatic N) is 2. The lowest BCUT2D eigenvalue weighted by atomic mass is 10.2. The first-order valence-corrected chi connectivity index (χ1v) is 9.12. The third-order valence-corrected chi connectivity index (χ3v) is 4.64. The highest BCUT2D eigenvalue weighted by atomic mass is 32.1. The Morgan fingerprint density at radius 3 is 1.67 bits per heavy atom. The van der Waals surface area contributed by atoms with E-state index in [9.17, 15) is 4.79 Å². The van der Waals surface area contributed by atoms with E-state index < -0.39 is 0 Å². The molecule has 2 aromatic carbocycles. The van der Waals surface area contributed by atoms with Crippen LogP contribution in [0.5, 0.6) is 0 Å². The van der Waals surface area contributed by atoms with Gasteiger partial charge in [0, 0.05) is 37.0 Å². The molecule has 0 atom stereocenters. The van der Waals surface area contributed by atoms with Crippen molar-refractivity contribution >= 4 is 40.3 Å². The number of carbonyl (C=O) groups excluding carboxylic acids is 1. The van der Waals surface area contributed by atoms with Crippen LogP contribution in [-0.2, 0) is 4.79 Å². The van der Waals surface area contributed by atoms with Crippen LogP contribution in [0.3, 0.4) is 0 Å². The maximum absolute atomic E-state index is 12.2. The van der Waals surface area contributed by atoms with Crippen molar-refractivity contribution < 1.29 is 4.79 Å². The summed E-state index contributed by atoms with van der Waals surface area (Å²) in [4.78, 5) is 13.4. The molecule has 5 nitrogen and oxygen atoms in total. The van der Waals surface area contributed by atoms with Crippen LogP contribution in [0.4, 0.5) is 0 Å². The lowest BCUT2D eigenvalue weighted by Crippen LogP contribution is -2.43. The van der Waals surface area contributed by atoms with Gasteiger partial charge >= 0.3 is 0 Å². The normalized spacial score (nSPS) is 10.7. The van der Waals surface area contributed by atoms with Gasteiger partial charge in [0.2, 0.25) is 0 Å². The second-order valence-corrected chi connectivity index (χ2v) is 6.65. The molecule has 0 spiro atoms. The number of allylic oxidation sites excluding steroid dienone is 1. The van der Waals surface area contributed by atoms with Crippen LogP contribution >= 0.6 is 24.4 Å². The molecule has 0 bridgehead atoms. The van der Waals surface area contributed by atoms with E-state index in [0.29, 0.717) is 15.7 Å². The van der Waals surface area contributed by atoms with Crippen molar-refractivity contribution in [2.24, 2.45) is 0 Å². The van der Waals surface area contributed by atoms with Gasteiger partial charge in [0.05, 0.1) is 0 Å². The molecule has 7 heteroatoms. The fourth-order valence-corrected chi connectivity index (χ4v) is 2.70. The maximum atomic E-state index is 12.2. The summed E-state index contributed by atoms with van der Waals surface area (Å²) in [7, 11) is 3.52. The SMILES string of the molecule is C/C(=C\C(=O)NN(C)C(=S)c1ccccc1)NN(C)C(=S)c1ccccc1. The molecule has 1 amide bonds. The zero-order valence-electron chi connectivity index (χ0n) is 15.5. The van der Waals surface area contributed by atoms with Gasteiger partial charge < -0.3 is 5.43 Å². The molecule has 0 aromatic heterocycles. The van der Waals surface area contributed by atoms with E-state index in [4.69, 9.17) is 24.4 Å². The summed E-state index contributed by atoms with van der Waals surface area (Å²) < 4.78 is 0. The van der Waals surface area contributed by atoms with Crippen LogP contribution < -0.4 is 10.9 Å². The van der Waals surface area contributed by atoms with Gasteiger partial charge in [-0.05, 0) is 6.92 Å². The van der Waals surface area contributed by atoms with Crippen molar-refractivity contribution in [1.29, 1.82) is 0 Å². The van der Waals surface area contributed by atoms with E-state index in [0.717, 1.165) is 11.1 Å². The van der Waals surface area contributed by atoms with Crippen LogP contribution in [0, 0.1) is 0 Å². The van der Waals surface area contributed by atoms with E-state index >= 15 is 0 Å². The molecule has 0 saturated carbocycles. The van der Waals surface area contributed by atoms with Crippen LogP contribution in [0.15, 0.2) is 72.4 Å². The molecule has 27 heavy (non-hydrogen) atoms. The molecule has 2 rings (SSSR count). The van der Waals surface area contributed by atoms with Crippen LogP contribution in [-0.4, -0.2) is 40.0 Å². The highest BCUT2D eigenvalue weighted by molar-refractivity contribution is 7.80. The molecular formula is C20H22N4OS2. The standard InChI is InChI=1S/C20H22N4OS2/c1-15(21-23(2)19(26)16-10-6-4-7-11-16)14-18(25)22-24(3)20(27)17-12-8-5-9-13-17/h4-14,21H,1-3H3,(H,22,25)/b15-14+. The first kappa shape index (κ1) is 20.5. The number of nitrogens with one attached hydrogen (secondary N) is 2. The second-order valence-electron chi connectivity index (χ2n) is 5.88. The zero-order valence-corrected chi connectivity index (χ0v) is 17.1. The van der Waals surface area contributed by atoms with Crippen molar-refractivity contribution in [2.45, 2.75) is 6.92 Å². The van der Waals surface area contributed by atoms with E-state index in [1.54, 1.807) is 26.0 Å². The van der Waals surface area contributed by atoms with Crippen molar-refractivity contribution in [3.8, 4) is 0 Å². The maximum Gasteiger partial charge on any atom is 0.264 e. The number of hydrazine groups is 2. The minimum absolute atomic E-state index is 0.292. The zero-order chi connectivity index (χ0) is 19.8. The molecule has 0 unspecified atom stereocenters. The molecule has 2 aromatic rings. The number of hydrogen-bond acceptors (Lipinski definition) is 4. The highest BCUT2D eigenvalue weighted by Gasteiger charge is 2.10. The van der Waals surface area contributed by atoms with Gasteiger partial charge in [-0.2, -0.15) is 0 Å². The molecular weight excluding hydrogens is 376 g/mol. The molecule has 0 fully saturated rings. The van der Waals surface area contributed by atoms with Gasteiger partial charge in [-0.1, -0.05) is 85.1 Å². The van der Waals surface area contributed by atoms with Crippen molar-refractivity contribution in [3.63, 3.8) is 0 Å². The van der Waals surface area contributed by atoms with Gasteiger partial charge in [-0.15, -0.1) is 0 Å². The smallest absolute Gasteiger partial charge is 0.264 e. The lowest BCUT2D eigenvalue weighted by Gasteiger charge is -2.23. The van der Waals surface area contributed by atoms with Crippen LogP contribution in [0.2, 0.25) is 0 Å². The predicted molar refractivity (Wildman–Crippen MR) is 117 cm³/mol. The minimum Gasteiger partial charge on any atom is -0.302 e. The van der Waals surface area contributed by atoms with Gasteiger partial charge in [0.25, 0.3) is 5.91 Å². The van der Waals surface area contributed by atoms with E-state index in [1.807, 2.05) is 60.7 Å². The molecule has 140 valence electrons. The first-order chi connectivity index (χ1) is 12.9. The van der Waals surface area contributed by atoms with Crippen molar-refractivity contribution in [1.82, 2.24) is 20.9 Å². The Balaban J connectivity index is 1.92. The van der Waals surface area contributed by atoms with E-state index in [1.165, 1.54) is 11.1 Å². The molecule has 0 aliphatic rings. The first-order valence-electron chi connectivity index (χ1n) is 8.30. The number of rotatable bonds is 5. The number of amides is 1. The third-order valence-electron chi connectivity index (χ3n) is 3.62. The van der Waals surface area contributed by atoms with Gasteiger partial charge in [0.1, 0.15) is 9.98 Å². The minimum atomic E-state index is -0.292. The molecule has 0 aliphatic heterocycles. The number of thiocarbonyl (C=S) groups is 2. The lowest BCUT2D eigenvalue weighted by molar-refractivity contribution is -0.119. The Bertz CT molecular complexity index is 838. The fraction of sp³-hybridized carbons (Fsp3) is 0.150. The van der Waals surface area contributed by atoms with Gasteiger partial charge in [-0.25, -0.2) is 0 Å². The molecule has 0 aliphatic carbocycles. The Morgan fingerprint density at radius 1 is 0.815 bits per heavy atom. The van der Waals surface area contributed by atoms with Gasteiger partial charge in [0.15, 0.2) is 0 Å². The molecule has 0 radical (unpaired) electrons. The Morgan fingerprint density at radius 2 is 1.22 bits per heavy atom.